The minimum absolute atomic E-state index is 0.402. The van der Waals surface area contributed by atoms with Gasteiger partial charge in [0.2, 0.25) is 0 Å². The lowest BCUT2D eigenvalue weighted by Crippen LogP contribution is -2.29. The summed E-state index contributed by atoms with van der Waals surface area (Å²) in [6.07, 6.45) is -0.837. The summed E-state index contributed by atoms with van der Waals surface area (Å²) in [4.78, 5) is 23.4. The van der Waals surface area contributed by atoms with Crippen LogP contribution in [0.2, 0.25) is 0 Å². The minimum atomic E-state index is -0.837. The van der Waals surface area contributed by atoms with Crippen molar-refractivity contribution in [3.8, 4) is 5.75 Å². The minimum Gasteiger partial charge on any atom is -0.479 e. The Kier molecular flexibility index (Phi) is 5.68. The van der Waals surface area contributed by atoms with E-state index in [0.717, 1.165) is 0 Å². The van der Waals surface area contributed by atoms with Crippen LogP contribution in [0.1, 0.15) is 6.92 Å². The van der Waals surface area contributed by atoms with Crippen LogP contribution in [0, 0.1) is 5.82 Å². The fraction of sp³-hybridized carbons (Fsp3) is 0.176. The molecule has 2 aromatic rings. The summed E-state index contributed by atoms with van der Waals surface area (Å²) in [5.74, 6) is -1.03. The topological polar surface area (TPSA) is 64.6 Å². The Balaban J connectivity index is 1.76. The van der Waals surface area contributed by atoms with Crippen molar-refractivity contribution in [3.63, 3.8) is 0 Å². The van der Waals surface area contributed by atoms with Gasteiger partial charge in [0.05, 0.1) is 0 Å². The highest BCUT2D eigenvalue weighted by molar-refractivity contribution is 5.93. The molecule has 0 heterocycles. The SMILES string of the molecule is C[C@H](Oc1ccccc1)C(=O)OCC(=O)Nc1ccc(F)cc1. The molecule has 0 spiro atoms. The largest absolute Gasteiger partial charge is 0.479 e. The number of nitrogens with one attached hydrogen (secondary N) is 1. The molecule has 0 radical (unpaired) electrons. The van der Waals surface area contributed by atoms with E-state index >= 15 is 0 Å². The Labute approximate surface area is 133 Å². The Hall–Kier alpha value is -2.89. The van der Waals surface area contributed by atoms with Crippen molar-refractivity contribution in [2.24, 2.45) is 0 Å². The molecule has 1 amide bonds. The van der Waals surface area contributed by atoms with Crippen molar-refractivity contribution in [2.45, 2.75) is 13.0 Å². The van der Waals surface area contributed by atoms with Gasteiger partial charge in [0.15, 0.2) is 12.7 Å². The number of anilines is 1. The molecule has 1 atom stereocenters. The second-order valence-electron chi connectivity index (χ2n) is 4.74. The molecule has 0 saturated carbocycles. The van der Waals surface area contributed by atoms with Gasteiger partial charge in [-0.1, -0.05) is 18.2 Å². The number of esters is 1. The number of benzene rings is 2. The van der Waals surface area contributed by atoms with Crippen molar-refractivity contribution >= 4 is 17.6 Å². The summed E-state index contributed by atoms with van der Waals surface area (Å²) in [6.45, 7) is 1.09. The maximum atomic E-state index is 12.7. The van der Waals surface area contributed by atoms with E-state index in [1.807, 2.05) is 6.07 Å². The van der Waals surface area contributed by atoms with Crippen LogP contribution in [0.4, 0.5) is 10.1 Å². The van der Waals surface area contributed by atoms with E-state index in [2.05, 4.69) is 5.32 Å². The van der Waals surface area contributed by atoms with E-state index < -0.39 is 30.4 Å². The quantitative estimate of drug-likeness (QED) is 0.832. The Bertz CT molecular complexity index is 658. The van der Waals surface area contributed by atoms with Crippen molar-refractivity contribution in [1.82, 2.24) is 0 Å². The lowest BCUT2D eigenvalue weighted by atomic mass is 10.3. The second-order valence-corrected chi connectivity index (χ2v) is 4.74. The third kappa shape index (κ3) is 5.43. The van der Waals surface area contributed by atoms with Gasteiger partial charge in [0.1, 0.15) is 11.6 Å². The number of ether oxygens (including phenoxy) is 2. The standard InChI is InChI=1S/C17H16FNO4/c1-12(23-15-5-3-2-4-6-15)17(21)22-11-16(20)19-14-9-7-13(18)8-10-14/h2-10,12H,11H2,1H3,(H,19,20)/t12-/m0/s1. The van der Waals surface area contributed by atoms with Crippen LogP contribution in [-0.2, 0) is 14.3 Å². The fourth-order valence-corrected chi connectivity index (χ4v) is 1.74. The Morgan fingerprint density at radius 2 is 1.74 bits per heavy atom. The molecule has 0 aliphatic rings. The van der Waals surface area contributed by atoms with E-state index in [0.29, 0.717) is 11.4 Å². The predicted molar refractivity (Wildman–Crippen MR) is 82.5 cm³/mol. The first-order valence-electron chi connectivity index (χ1n) is 6.98. The molecular weight excluding hydrogens is 301 g/mol. The zero-order chi connectivity index (χ0) is 16.7. The lowest BCUT2D eigenvalue weighted by molar-refractivity contribution is -0.153. The smallest absolute Gasteiger partial charge is 0.347 e. The van der Waals surface area contributed by atoms with Gasteiger partial charge in [0, 0.05) is 5.69 Å². The molecule has 0 saturated heterocycles. The third-order valence-corrected chi connectivity index (χ3v) is 2.86. The molecule has 0 fully saturated rings. The molecule has 5 nitrogen and oxygen atoms in total. The van der Waals surface area contributed by atoms with E-state index in [4.69, 9.17) is 9.47 Å². The number of halogens is 1. The van der Waals surface area contributed by atoms with Crippen LogP contribution in [-0.4, -0.2) is 24.6 Å². The molecule has 1 N–H and O–H groups in total. The molecule has 2 rings (SSSR count). The normalized spacial score (nSPS) is 11.4. The van der Waals surface area contributed by atoms with Gasteiger partial charge in [-0.2, -0.15) is 0 Å². The number of para-hydroxylation sites is 1. The fourth-order valence-electron chi connectivity index (χ4n) is 1.74. The maximum Gasteiger partial charge on any atom is 0.347 e. The highest BCUT2D eigenvalue weighted by Gasteiger charge is 2.17. The number of carbonyl (C=O) groups is 2. The highest BCUT2D eigenvalue weighted by atomic mass is 19.1. The summed E-state index contributed by atoms with van der Waals surface area (Å²) in [7, 11) is 0. The molecule has 6 heteroatoms. The number of carbonyl (C=O) groups excluding carboxylic acids is 2. The van der Waals surface area contributed by atoms with E-state index in [-0.39, 0.29) is 0 Å². The number of hydrogen-bond acceptors (Lipinski definition) is 4. The van der Waals surface area contributed by atoms with E-state index in [9.17, 15) is 14.0 Å². The van der Waals surface area contributed by atoms with Gasteiger partial charge in [-0.05, 0) is 43.3 Å². The molecule has 0 aliphatic heterocycles. The van der Waals surface area contributed by atoms with E-state index in [1.54, 1.807) is 24.3 Å². The average Bonchev–Trinajstić information content (AvgIpc) is 2.55. The summed E-state index contributed by atoms with van der Waals surface area (Å²) < 4.78 is 23.0. The molecule has 0 bridgehead atoms. The van der Waals surface area contributed by atoms with Crippen LogP contribution in [0.5, 0.6) is 5.75 Å². The molecular formula is C17H16FNO4. The predicted octanol–water partition coefficient (Wildman–Crippen LogP) is 2.77. The van der Waals surface area contributed by atoms with Gasteiger partial charge < -0.3 is 14.8 Å². The van der Waals surface area contributed by atoms with Crippen LogP contribution in [0.3, 0.4) is 0 Å². The van der Waals surface area contributed by atoms with Gasteiger partial charge >= 0.3 is 5.97 Å². The van der Waals surface area contributed by atoms with Gasteiger partial charge in [-0.25, -0.2) is 9.18 Å². The molecule has 2 aromatic carbocycles. The van der Waals surface area contributed by atoms with Gasteiger partial charge in [-0.3, -0.25) is 4.79 Å². The number of rotatable bonds is 6. The first kappa shape index (κ1) is 16.5. The number of amides is 1. The Morgan fingerprint density at radius 1 is 1.09 bits per heavy atom. The first-order valence-corrected chi connectivity index (χ1v) is 6.98. The average molecular weight is 317 g/mol. The van der Waals surface area contributed by atoms with E-state index in [1.165, 1.54) is 31.2 Å². The molecule has 23 heavy (non-hydrogen) atoms. The maximum absolute atomic E-state index is 12.7. The second kappa shape index (κ2) is 7.93. The molecule has 120 valence electrons. The zero-order valence-electron chi connectivity index (χ0n) is 12.5. The summed E-state index contributed by atoms with van der Waals surface area (Å²) in [5.41, 5.74) is 0.418. The van der Waals surface area contributed by atoms with Crippen molar-refractivity contribution in [1.29, 1.82) is 0 Å². The van der Waals surface area contributed by atoms with Gasteiger partial charge in [-0.15, -0.1) is 0 Å². The van der Waals surface area contributed by atoms with Crippen LogP contribution < -0.4 is 10.1 Å². The Morgan fingerprint density at radius 3 is 2.39 bits per heavy atom. The molecule has 0 unspecified atom stereocenters. The monoisotopic (exact) mass is 317 g/mol. The molecule has 0 aliphatic carbocycles. The number of hydrogen-bond donors (Lipinski definition) is 1. The van der Waals surface area contributed by atoms with Gasteiger partial charge in [0.25, 0.3) is 5.91 Å². The highest BCUT2D eigenvalue weighted by Crippen LogP contribution is 2.11. The van der Waals surface area contributed by atoms with Crippen LogP contribution in [0.15, 0.2) is 54.6 Å². The lowest BCUT2D eigenvalue weighted by Gasteiger charge is -2.13. The summed E-state index contributed by atoms with van der Waals surface area (Å²) in [6, 6.07) is 14.1. The van der Waals surface area contributed by atoms with Crippen molar-refractivity contribution in [3.05, 3.63) is 60.4 Å². The third-order valence-electron chi connectivity index (χ3n) is 2.86. The summed E-state index contributed by atoms with van der Waals surface area (Å²) in [5, 5.41) is 2.49. The summed E-state index contributed by atoms with van der Waals surface area (Å²) >= 11 is 0. The van der Waals surface area contributed by atoms with Crippen molar-refractivity contribution < 1.29 is 23.5 Å². The zero-order valence-corrected chi connectivity index (χ0v) is 12.5. The molecule has 0 aromatic heterocycles. The van der Waals surface area contributed by atoms with Crippen LogP contribution in [0.25, 0.3) is 0 Å². The first-order chi connectivity index (χ1) is 11.0. The van der Waals surface area contributed by atoms with Crippen molar-refractivity contribution in [2.75, 3.05) is 11.9 Å². The van der Waals surface area contributed by atoms with Crippen LogP contribution >= 0.6 is 0 Å².